The van der Waals surface area contributed by atoms with Crippen molar-refractivity contribution in [3.8, 4) is 0 Å². The molecule has 0 aromatic heterocycles. The zero-order valence-corrected chi connectivity index (χ0v) is 15.0. The molecule has 0 rings (SSSR count). The van der Waals surface area contributed by atoms with Gasteiger partial charge in [0.05, 0.1) is 0 Å². The fourth-order valence-corrected chi connectivity index (χ4v) is 4.17. The van der Waals surface area contributed by atoms with Crippen molar-refractivity contribution in [3.05, 3.63) is 12.2 Å². The molecule has 0 atom stereocenters. The van der Waals surface area contributed by atoms with E-state index in [1.807, 2.05) is 6.92 Å². The summed E-state index contributed by atoms with van der Waals surface area (Å²) >= 11 is 0. The molecule has 0 bridgehead atoms. The van der Waals surface area contributed by atoms with Crippen LogP contribution in [0.1, 0.15) is 66.2 Å². The maximum absolute atomic E-state index is 6.11. The van der Waals surface area contributed by atoms with Gasteiger partial charge in [-0.25, -0.2) is 0 Å². The second-order valence-corrected chi connectivity index (χ2v) is 7.70. The molecular formula is C16H34O3Si. The molecule has 0 radical (unpaired) electrons. The Bertz CT molecular complexity index is 205. The lowest BCUT2D eigenvalue weighted by molar-refractivity contribution is 0.0590. The fourth-order valence-electron chi connectivity index (χ4n) is 1.68. The van der Waals surface area contributed by atoms with Crippen LogP contribution in [0.3, 0.4) is 0 Å². The monoisotopic (exact) mass is 302 g/mol. The fraction of sp³-hybridized carbons (Fsp3) is 0.875. The molecule has 0 amide bonds. The third-order valence-electron chi connectivity index (χ3n) is 3.06. The zero-order chi connectivity index (χ0) is 15.1. The molecule has 0 aromatic carbocycles. The van der Waals surface area contributed by atoms with Gasteiger partial charge in [-0.1, -0.05) is 52.2 Å². The minimum Gasteiger partial charge on any atom is -0.373 e. The van der Waals surface area contributed by atoms with Gasteiger partial charge in [0.1, 0.15) is 0 Å². The third-order valence-corrected chi connectivity index (χ3v) is 5.73. The molecule has 120 valence electrons. The molecule has 0 unspecified atom stereocenters. The van der Waals surface area contributed by atoms with Crippen LogP contribution in [0, 0.1) is 0 Å². The molecule has 0 aromatic rings. The summed E-state index contributed by atoms with van der Waals surface area (Å²) in [5.41, 5.74) is 0. The maximum Gasteiger partial charge on any atom is 0.504 e. The van der Waals surface area contributed by atoms with Crippen LogP contribution in [0.5, 0.6) is 0 Å². The highest BCUT2D eigenvalue weighted by atomic mass is 28.4. The molecule has 0 aliphatic rings. The van der Waals surface area contributed by atoms with E-state index in [1.165, 1.54) is 0 Å². The van der Waals surface area contributed by atoms with Crippen molar-refractivity contribution in [2.75, 3.05) is 19.8 Å². The standard InChI is InChI=1S/C16H34O3Si/c1-5-9-13-17-20(16-12-8-4,18-14-10-6-2)19-15-11-7-3/h8,12H,5-7,9-11,13-16H2,1-4H3/b12-8+. The van der Waals surface area contributed by atoms with E-state index in [1.54, 1.807) is 0 Å². The first-order chi connectivity index (χ1) is 9.74. The Morgan fingerprint density at radius 1 is 0.750 bits per heavy atom. The van der Waals surface area contributed by atoms with Gasteiger partial charge < -0.3 is 13.3 Å². The van der Waals surface area contributed by atoms with Gasteiger partial charge in [0.2, 0.25) is 0 Å². The minimum absolute atomic E-state index is 0.749. The van der Waals surface area contributed by atoms with E-state index in [4.69, 9.17) is 13.3 Å². The summed E-state index contributed by atoms with van der Waals surface area (Å²) in [5, 5.41) is 0. The van der Waals surface area contributed by atoms with Gasteiger partial charge in [0, 0.05) is 25.9 Å². The summed E-state index contributed by atoms with van der Waals surface area (Å²) in [5.74, 6) is 0. The smallest absolute Gasteiger partial charge is 0.373 e. The highest BCUT2D eigenvalue weighted by Crippen LogP contribution is 2.19. The molecule has 0 saturated carbocycles. The first-order valence-corrected chi connectivity index (χ1v) is 10.2. The molecule has 0 aliphatic heterocycles. The number of rotatable bonds is 14. The van der Waals surface area contributed by atoms with Crippen molar-refractivity contribution >= 4 is 8.80 Å². The number of hydrogen-bond donors (Lipinski definition) is 0. The van der Waals surface area contributed by atoms with Gasteiger partial charge in [-0.15, -0.1) is 0 Å². The lowest BCUT2D eigenvalue weighted by Crippen LogP contribution is -2.46. The van der Waals surface area contributed by atoms with Gasteiger partial charge in [0.25, 0.3) is 0 Å². The van der Waals surface area contributed by atoms with Crippen LogP contribution < -0.4 is 0 Å². The summed E-state index contributed by atoms with van der Waals surface area (Å²) in [6, 6.07) is 0.792. The number of hydrogen-bond acceptors (Lipinski definition) is 3. The molecule has 0 spiro atoms. The van der Waals surface area contributed by atoms with Crippen LogP contribution in [0.2, 0.25) is 6.04 Å². The van der Waals surface area contributed by atoms with E-state index in [0.29, 0.717) is 0 Å². The van der Waals surface area contributed by atoms with Crippen LogP contribution in [-0.2, 0) is 13.3 Å². The van der Waals surface area contributed by atoms with Gasteiger partial charge in [0.15, 0.2) is 0 Å². The van der Waals surface area contributed by atoms with Crippen molar-refractivity contribution in [3.63, 3.8) is 0 Å². The molecular weight excluding hydrogens is 268 g/mol. The second kappa shape index (κ2) is 13.8. The Balaban J connectivity index is 4.56. The van der Waals surface area contributed by atoms with Crippen LogP contribution in [0.4, 0.5) is 0 Å². The minimum atomic E-state index is -2.52. The van der Waals surface area contributed by atoms with Crippen LogP contribution >= 0.6 is 0 Å². The third kappa shape index (κ3) is 9.70. The Labute approximate surface area is 127 Å². The summed E-state index contributed by atoms with van der Waals surface area (Å²) in [6.45, 7) is 10.8. The highest BCUT2D eigenvalue weighted by Gasteiger charge is 2.39. The normalized spacial score (nSPS) is 12.4. The lowest BCUT2D eigenvalue weighted by Gasteiger charge is -2.29. The average molecular weight is 303 g/mol. The van der Waals surface area contributed by atoms with Crippen molar-refractivity contribution in [1.29, 1.82) is 0 Å². The topological polar surface area (TPSA) is 27.7 Å². The van der Waals surface area contributed by atoms with Gasteiger partial charge in [-0.3, -0.25) is 0 Å². The summed E-state index contributed by atoms with van der Waals surface area (Å²) in [7, 11) is -2.52. The SMILES string of the molecule is C/C=C/C[Si](OCCCC)(OCCCC)OCCCC. The average Bonchev–Trinajstić information content (AvgIpc) is 2.46. The van der Waals surface area contributed by atoms with E-state index in [9.17, 15) is 0 Å². The van der Waals surface area contributed by atoms with Crippen molar-refractivity contribution < 1.29 is 13.3 Å². The van der Waals surface area contributed by atoms with Crippen molar-refractivity contribution in [2.45, 2.75) is 72.3 Å². The zero-order valence-electron chi connectivity index (χ0n) is 14.0. The first-order valence-electron chi connectivity index (χ1n) is 8.27. The largest absolute Gasteiger partial charge is 0.504 e. The van der Waals surface area contributed by atoms with E-state index < -0.39 is 8.80 Å². The van der Waals surface area contributed by atoms with Gasteiger partial charge in [-0.05, 0) is 26.2 Å². The van der Waals surface area contributed by atoms with Crippen molar-refractivity contribution in [1.82, 2.24) is 0 Å². The van der Waals surface area contributed by atoms with E-state index >= 15 is 0 Å². The van der Waals surface area contributed by atoms with Gasteiger partial charge >= 0.3 is 8.80 Å². The molecule has 20 heavy (non-hydrogen) atoms. The van der Waals surface area contributed by atoms with Crippen molar-refractivity contribution in [2.24, 2.45) is 0 Å². The molecule has 0 aliphatic carbocycles. The molecule has 4 heteroatoms. The summed E-state index contributed by atoms with van der Waals surface area (Å²) in [6.07, 6.45) is 10.8. The Morgan fingerprint density at radius 3 is 1.45 bits per heavy atom. The maximum atomic E-state index is 6.11. The number of unbranched alkanes of at least 4 members (excludes halogenated alkanes) is 3. The summed E-state index contributed by atoms with van der Waals surface area (Å²) < 4.78 is 18.3. The Morgan fingerprint density at radius 2 is 1.15 bits per heavy atom. The molecule has 0 saturated heterocycles. The molecule has 0 heterocycles. The lowest BCUT2D eigenvalue weighted by atomic mass is 10.4. The second-order valence-electron chi connectivity index (χ2n) is 5.06. The van der Waals surface area contributed by atoms with Gasteiger partial charge in [-0.2, -0.15) is 0 Å². The Kier molecular flexibility index (Phi) is 13.7. The highest BCUT2D eigenvalue weighted by molar-refractivity contribution is 6.61. The van der Waals surface area contributed by atoms with Crippen LogP contribution in [0.15, 0.2) is 12.2 Å². The number of allylic oxidation sites excluding steroid dienone is 2. The predicted molar refractivity (Wildman–Crippen MR) is 88.0 cm³/mol. The Hall–Kier alpha value is -0.163. The summed E-state index contributed by atoms with van der Waals surface area (Å²) in [4.78, 5) is 0. The van der Waals surface area contributed by atoms with E-state index in [2.05, 4.69) is 32.9 Å². The van der Waals surface area contributed by atoms with E-state index in [-0.39, 0.29) is 0 Å². The predicted octanol–water partition coefficient (Wildman–Crippen LogP) is 4.95. The van der Waals surface area contributed by atoms with E-state index in [0.717, 1.165) is 64.4 Å². The molecule has 0 N–H and O–H groups in total. The van der Waals surface area contributed by atoms with Crippen LogP contribution in [-0.4, -0.2) is 28.6 Å². The molecule has 0 fully saturated rings. The molecule has 3 nitrogen and oxygen atoms in total. The quantitative estimate of drug-likeness (QED) is 0.258. The van der Waals surface area contributed by atoms with Crippen LogP contribution in [0.25, 0.3) is 0 Å². The first kappa shape index (κ1) is 19.8.